The molecule has 1 fully saturated rings. The smallest absolute Gasteiger partial charge is 0.254 e. The van der Waals surface area contributed by atoms with Crippen LogP contribution in [0.25, 0.3) is 10.9 Å². The molecule has 3 nitrogen and oxygen atoms in total. The molecule has 0 radical (unpaired) electrons. The number of halogens is 1. The summed E-state index contributed by atoms with van der Waals surface area (Å²) in [5.74, 6) is 0.126. The summed E-state index contributed by atoms with van der Waals surface area (Å²) in [4.78, 5) is 19.0. The van der Waals surface area contributed by atoms with Crippen LogP contribution in [-0.4, -0.2) is 33.7 Å². The van der Waals surface area contributed by atoms with Crippen LogP contribution in [0, 0.1) is 0 Å². The molecule has 3 rings (SSSR count). The lowest BCUT2D eigenvalue weighted by molar-refractivity contribution is 0.0756. The number of carbonyl (C=O) groups excluding carboxylic acids is 1. The maximum atomic E-state index is 12.7. The molecule has 1 saturated carbocycles. The first-order chi connectivity index (χ1) is 9.31. The van der Waals surface area contributed by atoms with Crippen LogP contribution in [0.1, 0.15) is 23.2 Å². The highest BCUT2D eigenvalue weighted by Gasteiger charge is 2.32. The van der Waals surface area contributed by atoms with Crippen molar-refractivity contribution in [3.05, 3.63) is 42.1 Å². The van der Waals surface area contributed by atoms with Crippen molar-refractivity contribution < 1.29 is 4.79 Å². The van der Waals surface area contributed by atoms with Crippen molar-refractivity contribution in [3.63, 3.8) is 0 Å². The molecule has 0 saturated heterocycles. The topological polar surface area (TPSA) is 33.2 Å². The molecule has 1 aromatic heterocycles. The van der Waals surface area contributed by atoms with E-state index in [1.165, 1.54) is 0 Å². The number of rotatable bonds is 4. The van der Waals surface area contributed by atoms with E-state index in [0.717, 1.165) is 41.2 Å². The summed E-state index contributed by atoms with van der Waals surface area (Å²) in [5.41, 5.74) is 1.64. The zero-order chi connectivity index (χ0) is 13.2. The second-order valence-corrected chi connectivity index (χ2v) is 5.59. The molecular weight excluding hydrogens is 304 g/mol. The van der Waals surface area contributed by atoms with Crippen LogP contribution in [0.4, 0.5) is 0 Å². The van der Waals surface area contributed by atoms with E-state index in [0.29, 0.717) is 6.04 Å². The minimum atomic E-state index is 0.126. The third kappa shape index (κ3) is 2.50. The summed E-state index contributed by atoms with van der Waals surface area (Å²) in [6.45, 7) is 0.764. The van der Waals surface area contributed by atoms with Crippen LogP contribution >= 0.6 is 15.9 Å². The third-order valence-corrected chi connectivity index (χ3v) is 3.80. The number of fused-ring (bicyclic) bond motifs is 1. The Morgan fingerprint density at radius 1 is 1.32 bits per heavy atom. The molecule has 0 spiro atoms. The molecule has 98 valence electrons. The molecule has 0 atom stereocenters. The molecule has 1 aliphatic carbocycles. The van der Waals surface area contributed by atoms with Gasteiger partial charge in [0.05, 0.1) is 5.52 Å². The van der Waals surface area contributed by atoms with Gasteiger partial charge in [-0.3, -0.25) is 9.78 Å². The number of amides is 1. The van der Waals surface area contributed by atoms with Gasteiger partial charge in [0.1, 0.15) is 0 Å². The standard InChI is InChI=1S/C15H15BrN2O/c16-8-10-18(11-6-7-11)15(19)13-3-1-5-14-12(13)4-2-9-17-14/h1-5,9,11H,6-8,10H2. The van der Waals surface area contributed by atoms with Gasteiger partial charge in [-0.25, -0.2) is 0 Å². The summed E-state index contributed by atoms with van der Waals surface area (Å²) in [5, 5.41) is 1.76. The van der Waals surface area contributed by atoms with Crippen molar-refractivity contribution in [2.75, 3.05) is 11.9 Å². The molecule has 1 amide bonds. The van der Waals surface area contributed by atoms with Gasteiger partial charge in [-0.15, -0.1) is 0 Å². The molecule has 0 aliphatic heterocycles. The monoisotopic (exact) mass is 318 g/mol. The van der Waals surface area contributed by atoms with Gasteiger partial charge in [0, 0.05) is 35.1 Å². The predicted molar refractivity (Wildman–Crippen MR) is 79.6 cm³/mol. The van der Waals surface area contributed by atoms with Crippen LogP contribution in [0.5, 0.6) is 0 Å². The predicted octanol–water partition coefficient (Wildman–Crippen LogP) is 3.23. The van der Waals surface area contributed by atoms with Gasteiger partial charge in [0.2, 0.25) is 0 Å². The molecule has 0 N–H and O–H groups in total. The average Bonchev–Trinajstić information content (AvgIpc) is 3.28. The second-order valence-electron chi connectivity index (χ2n) is 4.79. The maximum absolute atomic E-state index is 12.7. The van der Waals surface area contributed by atoms with Crippen molar-refractivity contribution in [1.29, 1.82) is 0 Å². The number of alkyl halides is 1. The normalized spacial score (nSPS) is 14.6. The van der Waals surface area contributed by atoms with Gasteiger partial charge < -0.3 is 4.90 Å². The molecule has 1 heterocycles. The molecule has 4 heteroatoms. The Bertz CT molecular complexity index is 605. The Hall–Kier alpha value is -1.42. The summed E-state index contributed by atoms with van der Waals surface area (Å²) in [7, 11) is 0. The van der Waals surface area contributed by atoms with E-state index in [1.807, 2.05) is 35.2 Å². The Morgan fingerprint density at radius 3 is 2.89 bits per heavy atom. The van der Waals surface area contributed by atoms with Crippen LogP contribution in [0.2, 0.25) is 0 Å². The fourth-order valence-electron chi connectivity index (χ4n) is 2.37. The van der Waals surface area contributed by atoms with Crippen LogP contribution in [0.3, 0.4) is 0 Å². The second kappa shape index (κ2) is 5.29. The van der Waals surface area contributed by atoms with E-state index >= 15 is 0 Å². The van der Waals surface area contributed by atoms with E-state index in [1.54, 1.807) is 6.20 Å². The summed E-state index contributed by atoms with van der Waals surface area (Å²) in [6.07, 6.45) is 4.01. The van der Waals surface area contributed by atoms with E-state index in [4.69, 9.17) is 0 Å². The minimum Gasteiger partial charge on any atom is -0.335 e. The molecule has 0 bridgehead atoms. The minimum absolute atomic E-state index is 0.126. The summed E-state index contributed by atoms with van der Waals surface area (Å²) in [6, 6.07) is 10.0. The van der Waals surface area contributed by atoms with Crippen molar-refractivity contribution in [3.8, 4) is 0 Å². The Morgan fingerprint density at radius 2 is 2.16 bits per heavy atom. The number of hydrogen-bond acceptors (Lipinski definition) is 2. The van der Waals surface area contributed by atoms with Crippen molar-refractivity contribution in [1.82, 2.24) is 9.88 Å². The maximum Gasteiger partial charge on any atom is 0.254 e. The van der Waals surface area contributed by atoms with Crippen LogP contribution in [0.15, 0.2) is 36.5 Å². The van der Waals surface area contributed by atoms with Crippen molar-refractivity contribution >= 4 is 32.7 Å². The Kier molecular flexibility index (Phi) is 3.51. The van der Waals surface area contributed by atoms with Gasteiger partial charge >= 0.3 is 0 Å². The van der Waals surface area contributed by atoms with Gasteiger partial charge in [0.15, 0.2) is 0 Å². The molecule has 19 heavy (non-hydrogen) atoms. The lowest BCUT2D eigenvalue weighted by Crippen LogP contribution is -2.34. The largest absolute Gasteiger partial charge is 0.335 e. The van der Waals surface area contributed by atoms with Gasteiger partial charge in [-0.2, -0.15) is 0 Å². The number of carbonyl (C=O) groups is 1. The number of hydrogen-bond donors (Lipinski definition) is 0. The zero-order valence-electron chi connectivity index (χ0n) is 10.6. The molecule has 1 aliphatic rings. The highest BCUT2D eigenvalue weighted by molar-refractivity contribution is 9.09. The van der Waals surface area contributed by atoms with Crippen LogP contribution in [-0.2, 0) is 0 Å². The van der Waals surface area contributed by atoms with Crippen molar-refractivity contribution in [2.24, 2.45) is 0 Å². The van der Waals surface area contributed by atoms with E-state index in [9.17, 15) is 4.79 Å². The fourth-order valence-corrected chi connectivity index (χ4v) is 2.75. The highest BCUT2D eigenvalue weighted by atomic mass is 79.9. The third-order valence-electron chi connectivity index (χ3n) is 3.45. The van der Waals surface area contributed by atoms with Gasteiger partial charge in [-0.1, -0.05) is 28.1 Å². The number of nitrogens with zero attached hydrogens (tertiary/aromatic N) is 2. The first-order valence-corrected chi connectivity index (χ1v) is 7.64. The quantitative estimate of drug-likeness (QED) is 0.811. The summed E-state index contributed by atoms with van der Waals surface area (Å²) < 4.78 is 0. The molecule has 1 aromatic carbocycles. The Balaban J connectivity index is 2.00. The van der Waals surface area contributed by atoms with E-state index in [-0.39, 0.29) is 5.91 Å². The molecule has 2 aromatic rings. The van der Waals surface area contributed by atoms with Gasteiger partial charge in [0.25, 0.3) is 5.91 Å². The average molecular weight is 319 g/mol. The lowest BCUT2D eigenvalue weighted by Gasteiger charge is -2.22. The van der Waals surface area contributed by atoms with Gasteiger partial charge in [-0.05, 0) is 31.0 Å². The van der Waals surface area contributed by atoms with E-state index < -0.39 is 0 Å². The lowest BCUT2D eigenvalue weighted by atomic mass is 10.1. The number of benzene rings is 1. The fraction of sp³-hybridized carbons (Fsp3) is 0.333. The number of pyridine rings is 1. The highest BCUT2D eigenvalue weighted by Crippen LogP contribution is 2.29. The van der Waals surface area contributed by atoms with Crippen molar-refractivity contribution in [2.45, 2.75) is 18.9 Å². The summed E-state index contributed by atoms with van der Waals surface area (Å²) >= 11 is 3.43. The SMILES string of the molecule is O=C(c1cccc2ncccc12)N(CCBr)C1CC1. The zero-order valence-corrected chi connectivity index (χ0v) is 12.1. The molecule has 0 unspecified atom stereocenters. The van der Waals surface area contributed by atoms with Crippen LogP contribution < -0.4 is 0 Å². The first-order valence-electron chi connectivity index (χ1n) is 6.52. The molecular formula is C15H15BrN2O. The first kappa shape index (κ1) is 12.6. The van der Waals surface area contributed by atoms with E-state index in [2.05, 4.69) is 20.9 Å². The Labute approximate surface area is 120 Å². The number of aromatic nitrogens is 1.